The zero-order valence-corrected chi connectivity index (χ0v) is 9.24. The van der Waals surface area contributed by atoms with Gasteiger partial charge in [-0.2, -0.15) is 0 Å². The molecule has 1 atom stereocenters. The van der Waals surface area contributed by atoms with Gasteiger partial charge >= 0.3 is 0 Å². The van der Waals surface area contributed by atoms with Crippen molar-refractivity contribution < 1.29 is 8.78 Å². The maximum atomic E-state index is 13.5. The van der Waals surface area contributed by atoms with Crippen molar-refractivity contribution in [3.8, 4) is 0 Å². The van der Waals surface area contributed by atoms with E-state index >= 15 is 0 Å². The summed E-state index contributed by atoms with van der Waals surface area (Å²) in [5.74, 6) is -1.18. The Bertz CT molecular complexity index is 477. The minimum atomic E-state index is -0.668. The lowest BCUT2D eigenvalue weighted by Gasteiger charge is -2.13. The Morgan fingerprint density at radius 3 is 2.06 bits per heavy atom. The van der Waals surface area contributed by atoms with E-state index in [1.807, 2.05) is 30.3 Å². The molecule has 0 aliphatic carbocycles. The molecule has 1 nitrogen and oxygen atoms in total. The standard InChI is InChI=1S/C14H13F2N/c15-11-7-4-8-12(16)14(11)13(17)9-10-5-2-1-3-6-10/h1-8,13H,9,17H2. The SMILES string of the molecule is NC(Cc1ccccc1)c1c(F)cccc1F. The second-order valence-electron chi connectivity index (χ2n) is 3.93. The molecule has 17 heavy (non-hydrogen) atoms. The number of halogens is 2. The molecule has 1 unspecified atom stereocenters. The Balaban J connectivity index is 2.23. The van der Waals surface area contributed by atoms with Gasteiger partial charge < -0.3 is 5.73 Å². The number of rotatable bonds is 3. The van der Waals surface area contributed by atoms with Gasteiger partial charge in [0, 0.05) is 11.6 Å². The Hall–Kier alpha value is -1.74. The van der Waals surface area contributed by atoms with E-state index in [9.17, 15) is 8.78 Å². The molecule has 0 bridgehead atoms. The van der Waals surface area contributed by atoms with Crippen LogP contribution in [0.25, 0.3) is 0 Å². The summed E-state index contributed by atoms with van der Waals surface area (Å²) in [6.07, 6.45) is 0.415. The molecule has 2 aromatic rings. The molecule has 0 aliphatic rings. The van der Waals surface area contributed by atoms with Crippen molar-refractivity contribution >= 4 is 0 Å². The summed E-state index contributed by atoms with van der Waals surface area (Å²) in [5, 5.41) is 0. The van der Waals surface area contributed by atoms with Crippen LogP contribution < -0.4 is 5.73 Å². The topological polar surface area (TPSA) is 26.0 Å². The first-order valence-corrected chi connectivity index (χ1v) is 5.42. The Kier molecular flexibility index (Phi) is 3.49. The van der Waals surface area contributed by atoms with Gasteiger partial charge in [0.15, 0.2) is 0 Å². The van der Waals surface area contributed by atoms with E-state index in [1.54, 1.807) is 0 Å². The lowest BCUT2D eigenvalue weighted by Crippen LogP contribution is -2.16. The van der Waals surface area contributed by atoms with Crippen molar-refractivity contribution in [3.63, 3.8) is 0 Å². The van der Waals surface area contributed by atoms with Gasteiger partial charge in [-0.1, -0.05) is 36.4 Å². The van der Waals surface area contributed by atoms with Crippen LogP contribution in [-0.2, 0) is 6.42 Å². The quantitative estimate of drug-likeness (QED) is 0.865. The van der Waals surface area contributed by atoms with Crippen LogP contribution in [0.4, 0.5) is 8.78 Å². The highest BCUT2D eigenvalue weighted by atomic mass is 19.1. The van der Waals surface area contributed by atoms with Crippen molar-refractivity contribution in [2.75, 3.05) is 0 Å². The van der Waals surface area contributed by atoms with Crippen LogP contribution in [0.3, 0.4) is 0 Å². The van der Waals surface area contributed by atoms with E-state index < -0.39 is 17.7 Å². The smallest absolute Gasteiger partial charge is 0.130 e. The number of hydrogen-bond donors (Lipinski definition) is 1. The minimum Gasteiger partial charge on any atom is -0.323 e. The molecule has 0 spiro atoms. The van der Waals surface area contributed by atoms with Crippen LogP contribution in [0, 0.1) is 11.6 Å². The molecule has 0 aliphatic heterocycles. The maximum Gasteiger partial charge on any atom is 0.130 e. The highest BCUT2D eigenvalue weighted by molar-refractivity contribution is 5.26. The third kappa shape index (κ3) is 2.68. The summed E-state index contributed by atoms with van der Waals surface area (Å²) < 4.78 is 27.0. The highest BCUT2D eigenvalue weighted by Crippen LogP contribution is 2.21. The molecule has 0 saturated carbocycles. The van der Waals surface area contributed by atoms with Crippen LogP contribution >= 0.6 is 0 Å². The van der Waals surface area contributed by atoms with Gasteiger partial charge in [-0.05, 0) is 24.1 Å². The van der Waals surface area contributed by atoms with Gasteiger partial charge in [0.05, 0.1) is 0 Å². The minimum absolute atomic E-state index is 0.0450. The van der Waals surface area contributed by atoms with E-state index in [1.165, 1.54) is 18.2 Å². The predicted molar refractivity (Wildman–Crippen MR) is 63.4 cm³/mol. The van der Waals surface area contributed by atoms with Crippen LogP contribution in [0.15, 0.2) is 48.5 Å². The van der Waals surface area contributed by atoms with Crippen molar-refractivity contribution in [1.29, 1.82) is 0 Å². The van der Waals surface area contributed by atoms with Crippen molar-refractivity contribution in [2.24, 2.45) is 5.73 Å². The number of benzene rings is 2. The van der Waals surface area contributed by atoms with E-state index in [4.69, 9.17) is 5.73 Å². The molecule has 2 rings (SSSR count). The fourth-order valence-electron chi connectivity index (χ4n) is 1.84. The lowest BCUT2D eigenvalue weighted by molar-refractivity contribution is 0.524. The summed E-state index contributed by atoms with van der Waals surface area (Å²) in [6, 6.07) is 12.5. The third-order valence-corrected chi connectivity index (χ3v) is 2.67. The second kappa shape index (κ2) is 5.06. The van der Waals surface area contributed by atoms with E-state index in [0.717, 1.165) is 5.56 Å². The Labute approximate surface area is 98.9 Å². The lowest BCUT2D eigenvalue weighted by atomic mass is 9.99. The van der Waals surface area contributed by atoms with Crippen molar-refractivity contribution in [2.45, 2.75) is 12.5 Å². The number of hydrogen-bond acceptors (Lipinski definition) is 1. The molecule has 0 fully saturated rings. The fourth-order valence-corrected chi connectivity index (χ4v) is 1.84. The molecule has 2 aromatic carbocycles. The molecule has 88 valence electrons. The summed E-state index contributed by atoms with van der Waals surface area (Å²) >= 11 is 0. The van der Waals surface area contributed by atoms with Crippen molar-refractivity contribution in [1.82, 2.24) is 0 Å². The highest BCUT2D eigenvalue weighted by Gasteiger charge is 2.16. The molecule has 3 heteroatoms. The normalized spacial score (nSPS) is 12.4. The molecule has 0 radical (unpaired) electrons. The van der Waals surface area contributed by atoms with E-state index in [-0.39, 0.29) is 5.56 Å². The summed E-state index contributed by atoms with van der Waals surface area (Å²) in [5.41, 5.74) is 6.76. The third-order valence-electron chi connectivity index (χ3n) is 2.67. The molecule has 0 aromatic heterocycles. The van der Waals surface area contributed by atoms with Crippen LogP contribution in [0.2, 0.25) is 0 Å². The van der Waals surface area contributed by atoms with Crippen LogP contribution in [0.1, 0.15) is 17.2 Å². The monoisotopic (exact) mass is 233 g/mol. The summed E-state index contributed by atoms with van der Waals surface area (Å²) in [4.78, 5) is 0. The second-order valence-corrected chi connectivity index (χ2v) is 3.93. The summed E-state index contributed by atoms with van der Waals surface area (Å²) in [6.45, 7) is 0. The number of nitrogens with two attached hydrogens (primary N) is 1. The van der Waals surface area contributed by atoms with Gasteiger partial charge in [0.25, 0.3) is 0 Å². The maximum absolute atomic E-state index is 13.5. The van der Waals surface area contributed by atoms with Gasteiger partial charge in [0.2, 0.25) is 0 Å². The zero-order chi connectivity index (χ0) is 12.3. The molecular formula is C14H13F2N. The molecular weight excluding hydrogens is 220 g/mol. The van der Waals surface area contributed by atoms with Gasteiger partial charge in [-0.3, -0.25) is 0 Å². The van der Waals surface area contributed by atoms with Crippen LogP contribution in [-0.4, -0.2) is 0 Å². The van der Waals surface area contributed by atoms with Gasteiger partial charge in [0.1, 0.15) is 11.6 Å². The first-order valence-electron chi connectivity index (χ1n) is 5.42. The Morgan fingerprint density at radius 2 is 1.47 bits per heavy atom. The predicted octanol–water partition coefficient (Wildman–Crippen LogP) is 3.21. The summed E-state index contributed by atoms with van der Waals surface area (Å²) in [7, 11) is 0. The average Bonchev–Trinajstić information content (AvgIpc) is 2.30. The molecule has 2 N–H and O–H groups in total. The van der Waals surface area contributed by atoms with Gasteiger partial charge in [-0.15, -0.1) is 0 Å². The molecule has 0 saturated heterocycles. The van der Waals surface area contributed by atoms with Crippen molar-refractivity contribution in [3.05, 3.63) is 71.3 Å². The molecule has 0 heterocycles. The first kappa shape index (κ1) is 11.7. The Morgan fingerprint density at radius 1 is 0.882 bits per heavy atom. The van der Waals surface area contributed by atoms with E-state index in [0.29, 0.717) is 6.42 Å². The first-order chi connectivity index (χ1) is 8.18. The average molecular weight is 233 g/mol. The fraction of sp³-hybridized carbons (Fsp3) is 0.143. The van der Waals surface area contributed by atoms with Crippen LogP contribution in [0.5, 0.6) is 0 Å². The zero-order valence-electron chi connectivity index (χ0n) is 9.24. The largest absolute Gasteiger partial charge is 0.323 e. The van der Waals surface area contributed by atoms with E-state index in [2.05, 4.69) is 0 Å². The van der Waals surface area contributed by atoms with Gasteiger partial charge in [-0.25, -0.2) is 8.78 Å². The molecule has 0 amide bonds.